The molecule has 2 heterocycles. The van der Waals surface area contributed by atoms with Crippen LogP contribution < -0.4 is 5.32 Å². The average molecular weight is 119 g/mol. The summed E-state index contributed by atoms with van der Waals surface area (Å²) in [5.74, 6) is 0.440. The van der Waals surface area contributed by atoms with Crippen molar-refractivity contribution in [2.24, 2.45) is 10.9 Å². The van der Waals surface area contributed by atoms with Crippen molar-refractivity contribution in [1.29, 1.82) is 0 Å². The van der Waals surface area contributed by atoms with Gasteiger partial charge in [-0.15, -0.1) is 0 Å². The summed E-state index contributed by atoms with van der Waals surface area (Å²) in [5.41, 5.74) is 0. The molecule has 1 N–H and O–H groups in total. The summed E-state index contributed by atoms with van der Waals surface area (Å²) >= 11 is 0. The highest BCUT2D eigenvalue weighted by Gasteiger charge is 2.19. The van der Waals surface area contributed by atoms with Crippen LogP contribution in [0.3, 0.4) is 0 Å². The summed E-state index contributed by atoms with van der Waals surface area (Å²) in [4.78, 5) is 4.15. The van der Waals surface area contributed by atoms with E-state index in [0.29, 0.717) is 5.92 Å². The molecule has 0 aromatic heterocycles. The first-order valence-electron chi connectivity index (χ1n) is 3.00. The van der Waals surface area contributed by atoms with Crippen LogP contribution in [0.15, 0.2) is 23.3 Å². The van der Waals surface area contributed by atoms with Crippen molar-refractivity contribution in [2.75, 3.05) is 0 Å². The van der Waals surface area contributed by atoms with Crippen LogP contribution in [-0.4, -0.2) is 12.4 Å². The Morgan fingerprint density at radius 3 is 3.44 bits per heavy atom. The second-order valence-electron chi connectivity index (χ2n) is 2.16. The molecular formula is C7H7N2. The first-order valence-corrected chi connectivity index (χ1v) is 3.00. The van der Waals surface area contributed by atoms with Crippen LogP contribution in [0.4, 0.5) is 0 Å². The standard InChI is InChI=1S/C7H7N2/c1-2-6-3-5-9-7(6)8-4-1/h2-7,9H. The lowest BCUT2D eigenvalue weighted by Crippen LogP contribution is -2.24. The lowest BCUT2D eigenvalue weighted by Gasteiger charge is -2.13. The molecule has 0 aromatic carbocycles. The maximum absolute atomic E-state index is 4.15. The molecule has 1 radical (unpaired) electrons. The molecule has 2 aliphatic heterocycles. The van der Waals surface area contributed by atoms with Gasteiger partial charge in [-0.3, -0.25) is 4.99 Å². The largest absolute Gasteiger partial charge is 0.369 e. The van der Waals surface area contributed by atoms with Crippen molar-refractivity contribution in [3.05, 3.63) is 24.4 Å². The molecule has 2 rings (SSSR count). The summed E-state index contributed by atoms with van der Waals surface area (Å²) in [5, 5.41) is 3.11. The van der Waals surface area contributed by atoms with Crippen LogP contribution in [0, 0.1) is 12.0 Å². The van der Waals surface area contributed by atoms with Crippen LogP contribution in [0.5, 0.6) is 0 Å². The van der Waals surface area contributed by atoms with E-state index in [0.717, 1.165) is 0 Å². The fourth-order valence-electron chi connectivity index (χ4n) is 1.05. The summed E-state index contributed by atoms with van der Waals surface area (Å²) < 4.78 is 0. The minimum atomic E-state index is 0.256. The third-order valence-corrected chi connectivity index (χ3v) is 1.55. The Bertz CT molecular complexity index is 191. The van der Waals surface area contributed by atoms with Crippen molar-refractivity contribution < 1.29 is 0 Å². The number of hydrogen-bond donors (Lipinski definition) is 1. The van der Waals surface area contributed by atoms with Crippen molar-refractivity contribution in [1.82, 2.24) is 5.32 Å². The minimum Gasteiger partial charge on any atom is -0.369 e. The van der Waals surface area contributed by atoms with Gasteiger partial charge in [-0.25, -0.2) is 0 Å². The molecule has 2 atom stereocenters. The van der Waals surface area contributed by atoms with Gasteiger partial charge in [0.2, 0.25) is 0 Å². The number of nitrogens with one attached hydrogen (secondary N) is 1. The molecule has 2 aliphatic rings. The summed E-state index contributed by atoms with van der Waals surface area (Å²) in [7, 11) is 0. The number of allylic oxidation sites excluding steroid dienone is 1. The number of fused-ring (bicyclic) bond motifs is 1. The zero-order chi connectivity index (χ0) is 6.10. The molecule has 9 heavy (non-hydrogen) atoms. The lowest BCUT2D eigenvalue weighted by atomic mass is 10.1. The van der Waals surface area contributed by atoms with E-state index in [-0.39, 0.29) is 6.17 Å². The van der Waals surface area contributed by atoms with Gasteiger partial charge in [0.25, 0.3) is 0 Å². The van der Waals surface area contributed by atoms with Crippen LogP contribution >= 0.6 is 0 Å². The van der Waals surface area contributed by atoms with Gasteiger partial charge in [0, 0.05) is 12.1 Å². The van der Waals surface area contributed by atoms with Crippen molar-refractivity contribution in [3.63, 3.8) is 0 Å². The van der Waals surface area contributed by atoms with E-state index in [4.69, 9.17) is 0 Å². The highest BCUT2D eigenvalue weighted by atomic mass is 15.1. The number of rotatable bonds is 0. The van der Waals surface area contributed by atoms with Gasteiger partial charge in [0.05, 0.1) is 0 Å². The van der Waals surface area contributed by atoms with Crippen LogP contribution in [-0.2, 0) is 0 Å². The third kappa shape index (κ3) is 0.669. The van der Waals surface area contributed by atoms with E-state index >= 15 is 0 Å². The lowest BCUT2D eigenvalue weighted by molar-refractivity contribution is 0.570. The fourth-order valence-corrected chi connectivity index (χ4v) is 1.05. The molecular weight excluding hydrogens is 112 g/mol. The monoisotopic (exact) mass is 119 g/mol. The Morgan fingerprint density at radius 2 is 2.56 bits per heavy atom. The van der Waals surface area contributed by atoms with Crippen molar-refractivity contribution in [2.45, 2.75) is 6.17 Å². The highest BCUT2D eigenvalue weighted by molar-refractivity contribution is 5.67. The van der Waals surface area contributed by atoms with Crippen molar-refractivity contribution >= 4 is 6.21 Å². The van der Waals surface area contributed by atoms with E-state index < -0.39 is 0 Å². The predicted octanol–water partition coefficient (Wildman–Crippen LogP) is 0.489. The normalized spacial score (nSPS) is 36.4. The Kier molecular flexibility index (Phi) is 0.918. The van der Waals surface area contributed by atoms with Gasteiger partial charge in [-0.2, -0.15) is 0 Å². The molecule has 0 aliphatic carbocycles. The molecule has 0 spiro atoms. The summed E-state index contributed by atoms with van der Waals surface area (Å²) in [6, 6.07) is 0. The molecule has 2 unspecified atom stereocenters. The minimum absolute atomic E-state index is 0.256. The van der Waals surface area contributed by atoms with Gasteiger partial charge < -0.3 is 5.32 Å². The predicted molar refractivity (Wildman–Crippen MR) is 35.9 cm³/mol. The number of hydrogen-bond acceptors (Lipinski definition) is 2. The highest BCUT2D eigenvalue weighted by Crippen LogP contribution is 2.15. The fraction of sp³-hybridized carbons (Fsp3) is 0.286. The van der Waals surface area contributed by atoms with Gasteiger partial charge in [0.1, 0.15) is 6.17 Å². The van der Waals surface area contributed by atoms with E-state index in [1.54, 1.807) is 6.21 Å². The first kappa shape index (κ1) is 4.79. The Morgan fingerprint density at radius 1 is 1.56 bits per heavy atom. The molecule has 0 saturated heterocycles. The number of dihydropyridines is 1. The van der Waals surface area contributed by atoms with Crippen LogP contribution in [0.2, 0.25) is 0 Å². The maximum atomic E-state index is 4.15. The van der Waals surface area contributed by atoms with E-state index in [1.807, 2.05) is 12.3 Å². The molecule has 2 heteroatoms. The number of nitrogens with zero attached hydrogens (tertiary/aromatic N) is 1. The summed E-state index contributed by atoms with van der Waals surface area (Å²) in [6.45, 7) is 0. The maximum Gasteiger partial charge on any atom is 0.128 e. The Labute approximate surface area is 54.0 Å². The molecule has 0 aromatic rings. The zero-order valence-corrected chi connectivity index (χ0v) is 4.91. The van der Waals surface area contributed by atoms with E-state index in [2.05, 4.69) is 22.5 Å². The molecule has 0 bridgehead atoms. The second-order valence-corrected chi connectivity index (χ2v) is 2.16. The quantitative estimate of drug-likeness (QED) is 0.493. The third-order valence-electron chi connectivity index (χ3n) is 1.55. The van der Waals surface area contributed by atoms with Gasteiger partial charge in [-0.1, -0.05) is 12.2 Å². The SMILES string of the molecule is [C]1=CC2C=CNC2N=C1. The molecule has 0 saturated carbocycles. The van der Waals surface area contributed by atoms with Gasteiger partial charge in [0.15, 0.2) is 0 Å². The topological polar surface area (TPSA) is 24.4 Å². The average Bonchev–Trinajstić information content (AvgIpc) is 2.33. The van der Waals surface area contributed by atoms with E-state index in [1.165, 1.54) is 0 Å². The number of aliphatic imine (C=N–C) groups is 1. The molecule has 2 nitrogen and oxygen atoms in total. The van der Waals surface area contributed by atoms with Crippen LogP contribution in [0.1, 0.15) is 0 Å². The molecule has 0 fully saturated rings. The van der Waals surface area contributed by atoms with Crippen LogP contribution in [0.25, 0.3) is 0 Å². The van der Waals surface area contributed by atoms with Gasteiger partial charge >= 0.3 is 0 Å². The van der Waals surface area contributed by atoms with E-state index in [9.17, 15) is 0 Å². The Hall–Kier alpha value is -1.05. The first-order chi connectivity index (χ1) is 4.47. The van der Waals surface area contributed by atoms with Crippen molar-refractivity contribution in [3.8, 4) is 0 Å². The van der Waals surface area contributed by atoms with Gasteiger partial charge in [-0.05, 0) is 12.3 Å². The second kappa shape index (κ2) is 1.72. The summed E-state index contributed by atoms with van der Waals surface area (Å²) in [6.07, 6.45) is 11.0. The molecule has 0 amide bonds. The molecule has 45 valence electrons. The smallest absolute Gasteiger partial charge is 0.128 e. The Balaban J connectivity index is 2.25. The zero-order valence-electron chi connectivity index (χ0n) is 4.91.